The molecule has 0 saturated carbocycles. The first-order chi connectivity index (χ1) is 7.26. The normalized spacial score (nSPS) is 20.9. The van der Waals surface area contributed by atoms with Crippen LogP contribution in [-0.4, -0.2) is 50.1 Å². The molecule has 2 N–H and O–H groups in total. The lowest BCUT2D eigenvalue weighted by atomic mass is 10.2. The Morgan fingerprint density at radius 1 is 1.60 bits per heavy atom. The van der Waals surface area contributed by atoms with Crippen molar-refractivity contribution in [2.24, 2.45) is 0 Å². The van der Waals surface area contributed by atoms with Gasteiger partial charge < -0.3 is 10.6 Å². The smallest absolute Gasteiger partial charge is 0.233 e. The summed E-state index contributed by atoms with van der Waals surface area (Å²) in [5.41, 5.74) is 0. The van der Waals surface area contributed by atoms with Crippen LogP contribution in [0.2, 0.25) is 0 Å². The lowest BCUT2D eigenvalue weighted by Gasteiger charge is -2.24. The largest absolute Gasteiger partial charge is 0.358 e. The standard InChI is InChI=1S/C11H23N3O/c1-3-7-14(9-11(15)12-2)8-10-5-4-6-13-10/h10,13H,3-9H2,1-2H3,(H,12,15)/t10-/m1/s1. The second-order valence-electron chi connectivity index (χ2n) is 4.20. The molecule has 0 aliphatic carbocycles. The molecule has 0 spiro atoms. The minimum atomic E-state index is 0.112. The molecule has 1 atom stereocenters. The van der Waals surface area contributed by atoms with Crippen molar-refractivity contribution in [2.45, 2.75) is 32.2 Å². The van der Waals surface area contributed by atoms with Gasteiger partial charge in [-0.05, 0) is 32.4 Å². The second kappa shape index (κ2) is 6.80. The molecule has 88 valence electrons. The monoisotopic (exact) mass is 213 g/mol. The van der Waals surface area contributed by atoms with E-state index in [-0.39, 0.29) is 5.91 Å². The third kappa shape index (κ3) is 4.62. The molecule has 4 nitrogen and oxygen atoms in total. The zero-order chi connectivity index (χ0) is 11.1. The van der Waals surface area contributed by atoms with Gasteiger partial charge in [-0.3, -0.25) is 9.69 Å². The number of hydrogen-bond acceptors (Lipinski definition) is 3. The molecule has 0 aromatic rings. The first-order valence-corrected chi connectivity index (χ1v) is 5.92. The van der Waals surface area contributed by atoms with Gasteiger partial charge >= 0.3 is 0 Å². The quantitative estimate of drug-likeness (QED) is 0.662. The van der Waals surface area contributed by atoms with Crippen LogP contribution in [0.3, 0.4) is 0 Å². The molecule has 0 radical (unpaired) electrons. The molecular formula is C11H23N3O. The molecule has 1 aliphatic rings. The van der Waals surface area contributed by atoms with Crippen LogP contribution in [0, 0.1) is 0 Å². The van der Waals surface area contributed by atoms with Crippen LogP contribution in [0.5, 0.6) is 0 Å². The van der Waals surface area contributed by atoms with Crippen molar-refractivity contribution in [1.82, 2.24) is 15.5 Å². The Morgan fingerprint density at radius 3 is 2.93 bits per heavy atom. The maximum Gasteiger partial charge on any atom is 0.233 e. The molecular weight excluding hydrogens is 190 g/mol. The lowest BCUT2D eigenvalue weighted by Crippen LogP contribution is -2.42. The van der Waals surface area contributed by atoms with E-state index in [1.54, 1.807) is 7.05 Å². The molecule has 0 bridgehead atoms. The van der Waals surface area contributed by atoms with Crippen molar-refractivity contribution in [3.05, 3.63) is 0 Å². The number of carbonyl (C=O) groups is 1. The molecule has 1 rings (SSSR count). The average molecular weight is 213 g/mol. The number of nitrogens with one attached hydrogen (secondary N) is 2. The molecule has 1 amide bonds. The van der Waals surface area contributed by atoms with Gasteiger partial charge in [0, 0.05) is 19.6 Å². The first-order valence-electron chi connectivity index (χ1n) is 5.92. The highest BCUT2D eigenvalue weighted by atomic mass is 16.1. The third-order valence-electron chi connectivity index (χ3n) is 2.83. The number of amides is 1. The highest BCUT2D eigenvalue weighted by molar-refractivity contribution is 5.77. The molecule has 15 heavy (non-hydrogen) atoms. The van der Waals surface area contributed by atoms with Gasteiger partial charge in [0.2, 0.25) is 5.91 Å². The Labute approximate surface area is 92.4 Å². The van der Waals surface area contributed by atoms with Crippen molar-refractivity contribution in [2.75, 3.05) is 33.2 Å². The summed E-state index contributed by atoms with van der Waals surface area (Å²) in [5, 5.41) is 6.14. The zero-order valence-electron chi connectivity index (χ0n) is 9.88. The maximum atomic E-state index is 11.3. The van der Waals surface area contributed by atoms with Gasteiger partial charge in [0.15, 0.2) is 0 Å². The number of carbonyl (C=O) groups excluding carboxylic acids is 1. The number of rotatable bonds is 6. The Morgan fingerprint density at radius 2 is 2.40 bits per heavy atom. The fraction of sp³-hybridized carbons (Fsp3) is 0.909. The highest BCUT2D eigenvalue weighted by Gasteiger charge is 2.18. The minimum Gasteiger partial charge on any atom is -0.358 e. The average Bonchev–Trinajstić information content (AvgIpc) is 2.70. The Kier molecular flexibility index (Phi) is 5.65. The summed E-state index contributed by atoms with van der Waals surface area (Å²) in [6.07, 6.45) is 3.61. The molecule has 4 heteroatoms. The van der Waals surface area contributed by atoms with Crippen molar-refractivity contribution in [1.29, 1.82) is 0 Å². The summed E-state index contributed by atoms with van der Waals surface area (Å²) in [6, 6.07) is 0.584. The van der Waals surface area contributed by atoms with Crippen molar-refractivity contribution >= 4 is 5.91 Å². The molecule has 0 aromatic heterocycles. The van der Waals surface area contributed by atoms with Crippen molar-refractivity contribution in [3.8, 4) is 0 Å². The SMILES string of the molecule is CCCN(CC(=O)NC)C[C@H]1CCCN1. The van der Waals surface area contributed by atoms with Gasteiger partial charge in [0.05, 0.1) is 6.54 Å². The summed E-state index contributed by atoms with van der Waals surface area (Å²) in [4.78, 5) is 13.5. The second-order valence-corrected chi connectivity index (χ2v) is 4.20. The predicted molar refractivity (Wildman–Crippen MR) is 61.8 cm³/mol. The summed E-state index contributed by atoms with van der Waals surface area (Å²) >= 11 is 0. The van der Waals surface area contributed by atoms with E-state index in [0.29, 0.717) is 12.6 Å². The van der Waals surface area contributed by atoms with Crippen LogP contribution >= 0.6 is 0 Å². The fourth-order valence-electron chi connectivity index (χ4n) is 2.06. The summed E-state index contributed by atoms with van der Waals surface area (Å²) in [7, 11) is 1.69. The van der Waals surface area contributed by atoms with E-state index < -0.39 is 0 Å². The molecule has 1 heterocycles. The topological polar surface area (TPSA) is 44.4 Å². The molecule has 0 aromatic carbocycles. The predicted octanol–water partition coefficient (Wildman–Crippen LogP) is 0.196. The first kappa shape index (κ1) is 12.5. The number of likely N-dealkylation sites (N-methyl/N-ethyl adjacent to an activating group) is 1. The summed E-state index contributed by atoms with van der Waals surface area (Å²) < 4.78 is 0. The Bertz CT molecular complexity index is 190. The van der Waals surface area contributed by atoms with Gasteiger partial charge in [-0.15, -0.1) is 0 Å². The van der Waals surface area contributed by atoms with E-state index in [1.807, 2.05) is 0 Å². The van der Waals surface area contributed by atoms with Crippen LogP contribution < -0.4 is 10.6 Å². The van der Waals surface area contributed by atoms with Gasteiger partial charge in [-0.2, -0.15) is 0 Å². The molecule has 1 aliphatic heterocycles. The van der Waals surface area contributed by atoms with E-state index in [4.69, 9.17) is 0 Å². The summed E-state index contributed by atoms with van der Waals surface area (Å²) in [6.45, 7) is 5.82. The fourth-order valence-corrected chi connectivity index (χ4v) is 2.06. The lowest BCUT2D eigenvalue weighted by molar-refractivity contribution is -0.121. The minimum absolute atomic E-state index is 0.112. The van der Waals surface area contributed by atoms with Gasteiger partial charge in [0.25, 0.3) is 0 Å². The number of hydrogen-bond donors (Lipinski definition) is 2. The van der Waals surface area contributed by atoms with Crippen molar-refractivity contribution < 1.29 is 4.79 Å². The summed E-state index contributed by atoms with van der Waals surface area (Å²) in [5.74, 6) is 0.112. The maximum absolute atomic E-state index is 11.3. The van der Waals surface area contributed by atoms with Crippen LogP contribution in [-0.2, 0) is 4.79 Å². The van der Waals surface area contributed by atoms with Crippen LogP contribution in [0.4, 0.5) is 0 Å². The molecule has 1 fully saturated rings. The van der Waals surface area contributed by atoms with Crippen LogP contribution in [0.15, 0.2) is 0 Å². The van der Waals surface area contributed by atoms with Crippen LogP contribution in [0.1, 0.15) is 26.2 Å². The van der Waals surface area contributed by atoms with Gasteiger partial charge in [-0.25, -0.2) is 0 Å². The molecule has 0 unspecified atom stereocenters. The van der Waals surface area contributed by atoms with E-state index in [9.17, 15) is 4.79 Å². The van der Waals surface area contributed by atoms with Gasteiger partial charge in [-0.1, -0.05) is 6.92 Å². The van der Waals surface area contributed by atoms with Gasteiger partial charge in [0.1, 0.15) is 0 Å². The highest BCUT2D eigenvalue weighted by Crippen LogP contribution is 2.07. The van der Waals surface area contributed by atoms with Crippen LogP contribution in [0.25, 0.3) is 0 Å². The Hall–Kier alpha value is -0.610. The van der Waals surface area contributed by atoms with E-state index in [0.717, 1.165) is 26.1 Å². The van der Waals surface area contributed by atoms with E-state index in [1.165, 1.54) is 12.8 Å². The van der Waals surface area contributed by atoms with E-state index >= 15 is 0 Å². The Balaban J connectivity index is 2.31. The third-order valence-corrected chi connectivity index (χ3v) is 2.83. The molecule has 1 saturated heterocycles. The van der Waals surface area contributed by atoms with E-state index in [2.05, 4.69) is 22.5 Å². The zero-order valence-corrected chi connectivity index (χ0v) is 9.88. The number of nitrogens with zero attached hydrogens (tertiary/aromatic N) is 1. The van der Waals surface area contributed by atoms with Crippen molar-refractivity contribution in [3.63, 3.8) is 0 Å².